The third kappa shape index (κ3) is 5.18. The van der Waals surface area contributed by atoms with E-state index in [1.54, 1.807) is 14.2 Å². The van der Waals surface area contributed by atoms with Crippen molar-refractivity contribution in [2.24, 2.45) is 12.0 Å². The fraction of sp³-hybridized carbons (Fsp3) is 0.524. The zero-order chi connectivity index (χ0) is 20.7. The third-order valence-corrected chi connectivity index (χ3v) is 4.79. The Morgan fingerprint density at radius 1 is 1.25 bits per heavy atom. The number of rotatable bonds is 8. The Bertz CT molecular complexity index is 813. The van der Waals surface area contributed by atoms with Gasteiger partial charge in [-0.1, -0.05) is 12.1 Å². The van der Waals surface area contributed by atoms with Crippen molar-refractivity contribution in [2.75, 3.05) is 20.8 Å². The van der Waals surface area contributed by atoms with Crippen LogP contribution in [0, 0.1) is 13.8 Å². The molecular weight excluding hydrogens is 354 g/mol. The molecule has 1 aromatic carbocycles. The highest BCUT2D eigenvalue weighted by atomic mass is 16.5. The van der Waals surface area contributed by atoms with E-state index in [0.29, 0.717) is 12.3 Å². The summed E-state index contributed by atoms with van der Waals surface area (Å²) in [6, 6.07) is 6.05. The molecule has 28 heavy (non-hydrogen) atoms. The average molecular weight is 388 g/mol. The van der Waals surface area contributed by atoms with Crippen molar-refractivity contribution in [3.8, 4) is 11.5 Å². The standard InChI is InChI=1S/C21H33N5O2/c1-8-22-21(23-13-17-10-9-11-19(27-6)20(17)28-7)24-14(2)12-18-15(3)25-26(5)16(18)4/h9-11,14H,8,12-13H2,1-7H3,(H2,22,23,24). The van der Waals surface area contributed by atoms with Gasteiger partial charge in [0.2, 0.25) is 0 Å². The summed E-state index contributed by atoms with van der Waals surface area (Å²) in [5, 5.41) is 11.3. The van der Waals surface area contributed by atoms with Crippen molar-refractivity contribution in [3.05, 3.63) is 40.7 Å². The van der Waals surface area contributed by atoms with Crippen LogP contribution in [-0.2, 0) is 20.0 Å². The number of ether oxygens (including phenoxy) is 2. The van der Waals surface area contributed by atoms with Crippen LogP contribution in [0.4, 0.5) is 0 Å². The van der Waals surface area contributed by atoms with Gasteiger partial charge in [0.25, 0.3) is 0 Å². The van der Waals surface area contributed by atoms with Gasteiger partial charge in [0.05, 0.1) is 26.5 Å². The minimum Gasteiger partial charge on any atom is -0.493 e. The lowest BCUT2D eigenvalue weighted by Crippen LogP contribution is -2.43. The van der Waals surface area contributed by atoms with Crippen molar-refractivity contribution in [2.45, 2.75) is 46.7 Å². The molecule has 154 valence electrons. The molecule has 1 aromatic heterocycles. The molecule has 0 spiro atoms. The van der Waals surface area contributed by atoms with E-state index in [-0.39, 0.29) is 6.04 Å². The molecule has 0 amide bonds. The number of para-hydroxylation sites is 1. The second kappa shape index (κ2) is 10.0. The number of nitrogens with zero attached hydrogens (tertiary/aromatic N) is 3. The lowest BCUT2D eigenvalue weighted by molar-refractivity contribution is 0.352. The fourth-order valence-corrected chi connectivity index (χ4v) is 3.27. The van der Waals surface area contributed by atoms with E-state index in [4.69, 9.17) is 14.5 Å². The molecule has 2 aromatic rings. The first-order valence-corrected chi connectivity index (χ1v) is 9.65. The predicted molar refractivity (Wildman–Crippen MR) is 113 cm³/mol. The van der Waals surface area contributed by atoms with Gasteiger partial charge in [-0.25, -0.2) is 4.99 Å². The third-order valence-electron chi connectivity index (χ3n) is 4.79. The Labute approximate surface area is 168 Å². The lowest BCUT2D eigenvalue weighted by atomic mass is 10.1. The van der Waals surface area contributed by atoms with Crippen LogP contribution in [0.15, 0.2) is 23.2 Å². The van der Waals surface area contributed by atoms with Crippen molar-refractivity contribution in [1.29, 1.82) is 0 Å². The zero-order valence-electron chi connectivity index (χ0n) is 18.1. The summed E-state index contributed by atoms with van der Waals surface area (Å²) in [5.41, 5.74) is 4.55. The zero-order valence-corrected chi connectivity index (χ0v) is 18.1. The van der Waals surface area contributed by atoms with Crippen LogP contribution in [0.3, 0.4) is 0 Å². The molecular formula is C21H33N5O2. The maximum absolute atomic E-state index is 5.50. The Morgan fingerprint density at radius 2 is 2.00 bits per heavy atom. The number of benzene rings is 1. The van der Waals surface area contributed by atoms with Crippen molar-refractivity contribution < 1.29 is 9.47 Å². The van der Waals surface area contributed by atoms with Crippen molar-refractivity contribution in [1.82, 2.24) is 20.4 Å². The van der Waals surface area contributed by atoms with E-state index in [9.17, 15) is 0 Å². The summed E-state index contributed by atoms with van der Waals surface area (Å²) in [4.78, 5) is 4.74. The summed E-state index contributed by atoms with van der Waals surface area (Å²) < 4.78 is 12.8. The average Bonchev–Trinajstić information content (AvgIpc) is 2.91. The maximum Gasteiger partial charge on any atom is 0.191 e. The molecule has 0 aliphatic heterocycles. The van der Waals surface area contributed by atoms with Gasteiger partial charge in [-0.15, -0.1) is 0 Å². The number of hydrogen-bond donors (Lipinski definition) is 2. The second-order valence-corrected chi connectivity index (χ2v) is 6.87. The molecule has 0 aliphatic carbocycles. The molecule has 1 heterocycles. The van der Waals surface area contributed by atoms with Gasteiger partial charge in [0.15, 0.2) is 17.5 Å². The van der Waals surface area contributed by atoms with Gasteiger partial charge in [0, 0.05) is 30.9 Å². The van der Waals surface area contributed by atoms with Crippen LogP contribution in [0.5, 0.6) is 11.5 Å². The molecule has 2 rings (SSSR count). The molecule has 0 radical (unpaired) electrons. The predicted octanol–water partition coefficient (Wildman–Crippen LogP) is 2.74. The number of aliphatic imine (C=N–C) groups is 1. The molecule has 0 aliphatic rings. The van der Waals surface area contributed by atoms with Gasteiger partial charge in [0.1, 0.15) is 0 Å². The van der Waals surface area contributed by atoms with Crippen LogP contribution in [-0.4, -0.2) is 42.5 Å². The number of nitrogens with one attached hydrogen (secondary N) is 2. The maximum atomic E-state index is 5.50. The minimum atomic E-state index is 0.214. The summed E-state index contributed by atoms with van der Waals surface area (Å²) >= 11 is 0. The molecule has 0 fully saturated rings. The van der Waals surface area contributed by atoms with Crippen LogP contribution >= 0.6 is 0 Å². The summed E-state index contributed by atoms with van der Waals surface area (Å²) in [7, 11) is 5.27. The molecule has 1 unspecified atom stereocenters. The highest BCUT2D eigenvalue weighted by Crippen LogP contribution is 2.31. The second-order valence-electron chi connectivity index (χ2n) is 6.87. The lowest BCUT2D eigenvalue weighted by Gasteiger charge is -2.18. The Balaban J connectivity index is 2.12. The Morgan fingerprint density at radius 3 is 2.57 bits per heavy atom. The molecule has 0 bridgehead atoms. The van der Waals surface area contributed by atoms with E-state index < -0.39 is 0 Å². The van der Waals surface area contributed by atoms with Gasteiger partial charge >= 0.3 is 0 Å². The quantitative estimate of drug-likeness (QED) is 0.538. The van der Waals surface area contributed by atoms with E-state index in [2.05, 4.69) is 43.4 Å². The fourth-order valence-electron chi connectivity index (χ4n) is 3.27. The monoisotopic (exact) mass is 387 g/mol. The van der Waals surface area contributed by atoms with E-state index in [1.165, 1.54) is 11.3 Å². The van der Waals surface area contributed by atoms with Gasteiger partial charge in [-0.05, 0) is 45.7 Å². The molecule has 2 N–H and O–H groups in total. The Kier molecular flexibility index (Phi) is 7.72. The first-order chi connectivity index (χ1) is 13.4. The smallest absolute Gasteiger partial charge is 0.191 e. The number of hydrogen-bond acceptors (Lipinski definition) is 4. The number of aromatic nitrogens is 2. The van der Waals surface area contributed by atoms with Crippen molar-refractivity contribution >= 4 is 5.96 Å². The number of guanidine groups is 1. The summed E-state index contributed by atoms with van der Waals surface area (Å²) in [5.74, 6) is 2.21. The van der Waals surface area contributed by atoms with Gasteiger partial charge < -0.3 is 20.1 Å². The highest BCUT2D eigenvalue weighted by Gasteiger charge is 2.14. The molecule has 0 saturated heterocycles. The SMILES string of the molecule is CCNC(=NCc1cccc(OC)c1OC)NC(C)Cc1c(C)nn(C)c1C. The molecule has 1 atom stereocenters. The van der Waals surface area contributed by atoms with Crippen LogP contribution in [0.1, 0.15) is 36.4 Å². The topological polar surface area (TPSA) is 72.7 Å². The largest absolute Gasteiger partial charge is 0.493 e. The first kappa shape index (κ1) is 21.6. The number of aryl methyl sites for hydroxylation is 2. The van der Waals surface area contributed by atoms with Crippen LogP contribution in [0.2, 0.25) is 0 Å². The summed E-state index contributed by atoms with van der Waals surface area (Å²) in [6.45, 7) is 9.67. The van der Waals surface area contributed by atoms with E-state index in [1.807, 2.05) is 29.9 Å². The first-order valence-electron chi connectivity index (χ1n) is 9.65. The van der Waals surface area contributed by atoms with E-state index >= 15 is 0 Å². The highest BCUT2D eigenvalue weighted by molar-refractivity contribution is 5.80. The van der Waals surface area contributed by atoms with Crippen molar-refractivity contribution in [3.63, 3.8) is 0 Å². The van der Waals surface area contributed by atoms with Crippen LogP contribution < -0.4 is 20.1 Å². The molecule has 7 heteroatoms. The Hall–Kier alpha value is -2.70. The van der Waals surface area contributed by atoms with E-state index in [0.717, 1.165) is 35.9 Å². The summed E-state index contributed by atoms with van der Waals surface area (Å²) in [6.07, 6.45) is 0.887. The number of methoxy groups -OCH3 is 2. The van der Waals surface area contributed by atoms with Gasteiger partial charge in [-0.2, -0.15) is 5.10 Å². The normalized spacial score (nSPS) is 12.6. The van der Waals surface area contributed by atoms with Gasteiger partial charge in [-0.3, -0.25) is 4.68 Å². The molecule has 0 saturated carbocycles. The van der Waals surface area contributed by atoms with Crippen LogP contribution in [0.25, 0.3) is 0 Å². The minimum absolute atomic E-state index is 0.214. The molecule has 7 nitrogen and oxygen atoms in total.